The maximum Gasteiger partial charge on any atom is 0.251 e. The topological polar surface area (TPSA) is 50.8 Å². The van der Waals surface area contributed by atoms with Crippen molar-refractivity contribution in [2.75, 3.05) is 40.0 Å². The number of hydrogen-bond donors (Lipinski definition) is 1. The van der Waals surface area contributed by atoms with Crippen LogP contribution in [0.1, 0.15) is 45.9 Å². The van der Waals surface area contributed by atoms with Gasteiger partial charge in [0.05, 0.1) is 26.4 Å². The van der Waals surface area contributed by atoms with Crippen molar-refractivity contribution < 1.29 is 14.3 Å². The number of rotatable bonds is 6. The van der Waals surface area contributed by atoms with Crippen LogP contribution in [-0.2, 0) is 17.6 Å². The molecule has 1 N–H and O–H groups in total. The molecule has 0 saturated carbocycles. The average molecular weight is 395 g/mol. The molecular formula is C24H30N2O3. The lowest BCUT2D eigenvalue weighted by Crippen LogP contribution is -2.43. The molecule has 0 bridgehead atoms. The van der Waals surface area contributed by atoms with E-state index < -0.39 is 0 Å². The third-order valence-corrected chi connectivity index (χ3v) is 6.05. The Morgan fingerprint density at radius 3 is 2.52 bits per heavy atom. The van der Waals surface area contributed by atoms with Crippen LogP contribution in [-0.4, -0.2) is 50.8 Å². The average Bonchev–Trinajstić information content (AvgIpc) is 2.80. The van der Waals surface area contributed by atoms with Gasteiger partial charge in [-0.1, -0.05) is 18.2 Å². The zero-order valence-corrected chi connectivity index (χ0v) is 17.2. The van der Waals surface area contributed by atoms with Crippen molar-refractivity contribution >= 4 is 5.91 Å². The van der Waals surface area contributed by atoms with Gasteiger partial charge in [0.15, 0.2) is 0 Å². The highest BCUT2D eigenvalue weighted by molar-refractivity contribution is 5.94. The summed E-state index contributed by atoms with van der Waals surface area (Å²) >= 11 is 0. The largest absolute Gasteiger partial charge is 0.497 e. The van der Waals surface area contributed by atoms with Crippen LogP contribution in [0.3, 0.4) is 0 Å². The van der Waals surface area contributed by atoms with Gasteiger partial charge in [-0.2, -0.15) is 0 Å². The van der Waals surface area contributed by atoms with Crippen LogP contribution < -0.4 is 10.1 Å². The summed E-state index contributed by atoms with van der Waals surface area (Å²) in [5, 5.41) is 3.18. The zero-order valence-electron chi connectivity index (χ0n) is 17.2. The van der Waals surface area contributed by atoms with Crippen LogP contribution in [0.2, 0.25) is 0 Å². The van der Waals surface area contributed by atoms with Crippen LogP contribution in [0.4, 0.5) is 0 Å². The molecule has 1 amide bonds. The van der Waals surface area contributed by atoms with Gasteiger partial charge in [0.25, 0.3) is 5.91 Å². The van der Waals surface area contributed by atoms with Gasteiger partial charge in [-0.15, -0.1) is 0 Å². The minimum absolute atomic E-state index is 0.00476. The number of aryl methyl sites for hydroxylation is 2. The highest BCUT2D eigenvalue weighted by atomic mass is 16.5. The molecule has 2 aromatic carbocycles. The monoisotopic (exact) mass is 394 g/mol. The number of fused-ring (bicyclic) bond motifs is 1. The van der Waals surface area contributed by atoms with Crippen molar-refractivity contribution in [3.63, 3.8) is 0 Å². The van der Waals surface area contributed by atoms with Crippen molar-refractivity contribution in [3.8, 4) is 5.75 Å². The Morgan fingerprint density at radius 2 is 1.79 bits per heavy atom. The summed E-state index contributed by atoms with van der Waals surface area (Å²) in [7, 11) is 1.67. The summed E-state index contributed by atoms with van der Waals surface area (Å²) in [6.45, 7) is 3.76. The summed E-state index contributed by atoms with van der Waals surface area (Å²) in [4.78, 5) is 15.3. The van der Waals surface area contributed by atoms with E-state index >= 15 is 0 Å². The number of hydrogen-bond acceptors (Lipinski definition) is 4. The predicted octanol–water partition coefficient (Wildman–Crippen LogP) is 3.38. The molecular weight excluding hydrogens is 364 g/mol. The SMILES string of the molecule is COc1ccc([C@H](CNC(=O)c2ccc3c(c2)CCCC3)N2CCOCC2)cc1. The van der Waals surface area contributed by atoms with Gasteiger partial charge < -0.3 is 14.8 Å². The van der Waals surface area contributed by atoms with E-state index in [-0.39, 0.29) is 11.9 Å². The summed E-state index contributed by atoms with van der Waals surface area (Å²) in [6.07, 6.45) is 4.68. The summed E-state index contributed by atoms with van der Waals surface area (Å²) in [5.74, 6) is 0.845. The normalized spacial score (nSPS) is 18.0. The first-order valence-electron chi connectivity index (χ1n) is 10.6. The second-order valence-electron chi connectivity index (χ2n) is 7.84. The molecule has 1 aliphatic carbocycles. The lowest BCUT2D eigenvalue weighted by atomic mass is 9.90. The summed E-state index contributed by atoms with van der Waals surface area (Å²) in [5.41, 5.74) is 4.68. The van der Waals surface area contributed by atoms with E-state index in [2.05, 4.69) is 34.5 Å². The third kappa shape index (κ3) is 4.80. The fraction of sp³-hybridized carbons (Fsp3) is 0.458. The highest BCUT2D eigenvalue weighted by Crippen LogP contribution is 2.25. The number of morpholine rings is 1. The molecule has 2 aliphatic rings. The maximum absolute atomic E-state index is 12.9. The van der Waals surface area contributed by atoms with E-state index in [0.29, 0.717) is 6.54 Å². The molecule has 1 heterocycles. The molecule has 5 heteroatoms. The second kappa shape index (κ2) is 9.42. The van der Waals surface area contributed by atoms with Crippen molar-refractivity contribution in [3.05, 3.63) is 64.7 Å². The van der Waals surface area contributed by atoms with E-state index in [1.807, 2.05) is 18.2 Å². The second-order valence-corrected chi connectivity index (χ2v) is 7.84. The van der Waals surface area contributed by atoms with Gasteiger partial charge in [0, 0.05) is 25.2 Å². The summed E-state index contributed by atoms with van der Waals surface area (Å²) in [6, 6.07) is 14.4. The van der Waals surface area contributed by atoms with E-state index in [0.717, 1.165) is 50.5 Å². The number of nitrogens with zero attached hydrogens (tertiary/aromatic N) is 1. The minimum Gasteiger partial charge on any atom is -0.497 e. The summed E-state index contributed by atoms with van der Waals surface area (Å²) < 4.78 is 10.8. The molecule has 0 aromatic heterocycles. The molecule has 0 spiro atoms. The Morgan fingerprint density at radius 1 is 1.07 bits per heavy atom. The third-order valence-electron chi connectivity index (χ3n) is 6.05. The Balaban J connectivity index is 1.47. The molecule has 5 nitrogen and oxygen atoms in total. The zero-order chi connectivity index (χ0) is 20.1. The standard InChI is InChI=1S/C24H30N2O3/c1-28-22-10-8-19(9-11-22)23(26-12-14-29-15-13-26)17-25-24(27)21-7-6-18-4-2-3-5-20(18)16-21/h6-11,16,23H,2-5,12-15,17H2,1H3,(H,25,27)/t23-/m0/s1. The number of amides is 1. The molecule has 1 fully saturated rings. The molecule has 1 atom stereocenters. The Kier molecular flexibility index (Phi) is 6.47. The fourth-order valence-corrected chi connectivity index (χ4v) is 4.34. The fourth-order valence-electron chi connectivity index (χ4n) is 4.34. The lowest BCUT2D eigenvalue weighted by molar-refractivity contribution is 0.0162. The Labute approximate surface area is 173 Å². The van der Waals surface area contributed by atoms with Crippen molar-refractivity contribution in [1.82, 2.24) is 10.2 Å². The van der Waals surface area contributed by atoms with Crippen LogP contribution in [0.15, 0.2) is 42.5 Å². The van der Waals surface area contributed by atoms with E-state index in [9.17, 15) is 4.79 Å². The van der Waals surface area contributed by atoms with Gasteiger partial charge >= 0.3 is 0 Å². The van der Waals surface area contributed by atoms with Gasteiger partial charge in [-0.05, 0) is 66.6 Å². The van der Waals surface area contributed by atoms with Gasteiger partial charge in [0.1, 0.15) is 5.75 Å². The van der Waals surface area contributed by atoms with Gasteiger partial charge in [0.2, 0.25) is 0 Å². The van der Waals surface area contributed by atoms with E-state index in [1.165, 1.54) is 29.5 Å². The first-order valence-corrected chi connectivity index (χ1v) is 10.6. The molecule has 1 saturated heterocycles. The molecule has 0 unspecified atom stereocenters. The van der Waals surface area contributed by atoms with Crippen LogP contribution >= 0.6 is 0 Å². The lowest BCUT2D eigenvalue weighted by Gasteiger charge is -2.35. The number of nitrogens with one attached hydrogen (secondary N) is 1. The number of carbonyl (C=O) groups excluding carboxylic acids is 1. The minimum atomic E-state index is 0.00476. The van der Waals surface area contributed by atoms with Crippen LogP contribution in [0.25, 0.3) is 0 Å². The maximum atomic E-state index is 12.9. The Hall–Kier alpha value is -2.37. The van der Waals surface area contributed by atoms with Gasteiger partial charge in [-0.25, -0.2) is 0 Å². The highest BCUT2D eigenvalue weighted by Gasteiger charge is 2.24. The van der Waals surface area contributed by atoms with Crippen LogP contribution in [0.5, 0.6) is 5.75 Å². The first kappa shape index (κ1) is 19.9. The molecule has 1 aliphatic heterocycles. The molecule has 154 valence electrons. The van der Waals surface area contributed by atoms with E-state index in [1.54, 1.807) is 7.11 Å². The molecule has 2 aromatic rings. The van der Waals surface area contributed by atoms with Gasteiger partial charge in [-0.3, -0.25) is 9.69 Å². The number of ether oxygens (including phenoxy) is 2. The smallest absolute Gasteiger partial charge is 0.251 e. The quantitative estimate of drug-likeness (QED) is 0.816. The number of methoxy groups -OCH3 is 1. The first-order chi connectivity index (χ1) is 14.2. The van der Waals surface area contributed by atoms with Crippen LogP contribution in [0, 0.1) is 0 Å². The molecule has 4 rings (SSSR count). The van der Waals surface area contributed by atoms with Crippen molar-refractivity contribution in [2.24, 2.45) is 0 Å². The predicted molar refractivity (Wildman–Crippen MR) is 114 cm³/mol. The Bertz CT molecular complexity index is 829. The molecule has 29 heavy (non-hydrogen) atoms. The van der Waals surface area contributed by atoms with Crippen molar-refractivity contribution in [2.45, 2.75) is 31.7 Å². The number of benzene rings is 2. The van der Waals surface area contributed by atoms with E-state index in [4.69, 9.17) is 9.47 Å². The molecule has 0 radical (unpaired) electrons. The van der Waals surface area contributed by atoms with Crippen molar-refractivity contribution in [1.29, 1.82) is 0 Å². The number of carbonyl (C=O) groups is 1.